The molecule has 6 nitrogen and oxygen atoms in total. The lowest BCUT2D eigenvalue weighted by Gasteiger charge is -2.48. The molecule has 3 aliphatic carbocycles. The third-order valence-corrected chi connectivity index (χ3v) is 11.8. The largest absolute Gasteiger partial charge is 0.469 e. The topological polar surface area (TPSA) is 83.9 Å². The summed E-state index contributed by atoms with van der Waals surface area (Å²) in [7, 11) is -2.31. The lowest BCUT2D eigenvalue weighted by atomic mass is 9.63. The van der Waals surface area contributed by atoms with Crippen molar-refractivity contribution in [1.29, 1.82) is 0 Å². The average Bonchev–Trinajstić information content (AvgIpc) is 3.29. The van der Waals surface area contributed by atoms with E-state index in [9.17, 15) is 18.3 Å². The highest BCUT2D eigenvalue weighted by molar-refractivity contribution is 7.89. The van der Waals surface area contributed by atoms with Crippen molar-refractivity contribution in [2.24, 2.45) is 16.7 Å². The second-order valence-electron chi connectivity index (χ2n) is 11.3. The first-order valence-electron chi connectivity index (χ1n) is 12.0. The van der Waals surface area contributed by atoms with Crippen LogP contribution < -0.4 is 0 Å². The van der Waals surface area contributed by atoms with E-state index in [1.807, 2.05) is 6.07 Å². The quantitative estimate of drug-likeness (QED) is 0.662. The van der Waals surface area contributed by atoms with Crippen molar-refractivity contribution >= 4 is 22.1 Å². The standard InChI is InChI=1S/C26H35NO5S/c1-23(2)20-9-11-25(23,26(29,16-20)17-22(28)32-3)18-33(30,31)27-14-12-24(13-15-27)10-8-19-6-4-5-7-21(19)24/h4-8,10,20,29H,9,11-18H2,1-3H3/t20?,25-,26-/m0/s1. The summed E-state index contributed by atoms with van der Waals surface area (Å²) in [5.74, 6) is -0.396. The molecule has 33 heavy (non-hydrogen) atoms. The number of hydrogen-bond donors (Lipinski definition) is 1. The lowest BCUT2D eigenvalue weighted by molar-refractivity contribution is -0.155. The van der Waals surface area contributed by atoms with Crippen LogP contribution in [-0.4, -0.2) is 55.4 Å². The Bertz CT molecular complexity index is 1100. The van der Waals surface area contributed by atoms with E-state index in [1.54, 1.807) is 4.31 Å². The zero-order valence-electron chi connectivity index (χ0n) is 19.8. The smallest absolute Gasteiger partial charge is 0.308 e. The van der Waals surface area contributed by atoms with Gasteiger partial charge in [0.05, 0.1) is 24.9 Å². The van der Waals surface area contributed by atoms with Gasteiger partial charge >= 0.3 is 5.97 Å². The van der Waals surface area contributed by atoms with Crippen molar-refractivity contribution in [1.82, 2.24) is 4.31 Å². The van der Waals surface area contributed by atoms with Crippen molar-refractivity contribution in [2.45, 2.75) is 63.4 Å². The molecule has 1 aliphatic heterocycles. The third-order valence-electron chi connectivity index (χ3n) is 9.83. The molecule has 4 aliphatic rings. The average molecular weight is 474 g/mol. The molecule has 1 spiro atoms. The summed E-state index contributed by atoms with van der Waals surface area (Å²) in [4.78, 5) is 12.2. The van der Waals surface area contributed by atoms with E-state index in [-0.39, 0.29) is 28.9 Å². The molecule has 0 radical (unpaired) electrons. The Morgan fingerprint density at radius 1 is 1.18 bits per heavy atom. The van der Waals surface area contributed by atoms with Gasteiger partial charge < -0.3 is 9.84 Å². The highest BCUT2D eigenvalue weighted by atomic mass is 32.2. The number of hydrogen-bond acceptors (Lipinski definition) is 5. The SMILES string of the molecule is COC(=O)C[C@@]1(O)CC2CC[C@]1(CS(=O)(=O)N1CCC3(C=Cc4ccccc43)CC1)C2(C)C. The summed E-state index contributed by atoms with van der Waals surface area (Å²) < 4.78 is 34.1. The fraction of sp³-hybridized carbons (Fsp3) is 0.654. The molecule has 7 heteroatoms. The Labute approximate surface area is 197 Å². The molecule has 2 bridgehead atoms. The number of nitrogens with zero attached hydrogens (tertiary/aromatic N) is 1. The minimum absolute atomic E-state index is 0.0857. The van der Waals surface area contributed by atoms with Gasteiger partial charge in [-0.15, -0.1) is 0 Å². The van der Waals surface area contributed by atoms with Crippen LogP contribution in [0.4, 0.5) is 0 Å². The number of aliphatic hydroxyl groups is 1. The number of esters is 1. The number of carbonyl (C=O) groups is 1. The predicted octanol–water partition coefficient (Wildman–Crippen LogP) is 3.50. The maximum absolute atomic E-state index is 13.8. The Morgan fingerprint density at radius 3 is 2.55 bits per heavy atom. The summed E-state index contributed by atoms with van der Waals surface area (Å²) in [6.45, 7) is 5.08. The van der Waals surface area contributed by atoms with E-state index < -0.39 is 27.0 Å². The molecule has 5 rings (SSSR count). The van der Waals surface area contributed by atoms with Gasteiger partial charge in [-0.25, -0.2) is 12.7 Å². The molecular weight excluding hydrogens is 438 g/mol. The fourth-order valence-corrected chi connectivity index (χ4v) is 10.00. The number of allylic oxidation sites excluding steroid dienone is 1. The van der Waals surface area contributed by atoms with Crippen LogP contribution in [0, 0.1) is 16.7 Å². The third kappa shape index (κ3) is 3.18. The van der Waals surface area contributed by atoms with Crippen LogP contribution in [0.25, 0.3) is 6.08 Å². The minimum Gasteiger partial charge on any atom is -0.469 e. The van der Waals surface area contributed by atoms with Crippen LogP contribution >= 0.6 is 0 Å². The highest BCUT2D eigenvalue weighted by Gasteiger charge is 2.72. The Morgan fingerprint density at radius 2 is 1.88 bits per heavy atom. The molecule has 180 valence electrons. The van der Waals surface area contributed by atoms with E-state index in [0.717, 1.165) is 19.3 Å². The molecule has 2 saturated carbocycles. The van der Waals surface area contributed by atoms with Crippen LogP contribution in [-0.2, 0) is 25.0 Å². The number of benzene rings is 1. The number of carbonyl (C=O) groups excluding carboxylic acids is 1. The summed E-state index contributed by atoms with van der Waals surface area (Å²) in [5.41, 5.74) is -0.144. The molecule has 0 amide bonds. The zero-order chi connectivity index (χ0) is 23.7. The summed E-state index contributed by atoms with van der Waals surface area (Å²) >= 11 is 0. The van der Waals surface area contributed by atoms with Crippen LogP contribution in [0.15, 0.2) is 30.3 Å². The van der Waals surface area contributed by atoms with Gasteiger partial charge in [-0.3, -0.25) is 4.79 Å². The van der Waals surface area contributed by atoms with Gasteiger partial charge in [0.25, 0.3) is 0 Å². The number of sulfonamides is 1. The molecular formula is C26H35NO5S. The Kier molecular flexibility index (Phi) is 5.17. The van der Waals surface area contributed by atoms with Crippen LogP contribution in [0.3, 0.4) is 0 Å². The Hall–Kier alpha value is -1.70. The van der Waals surface area contributed by atoms with Crippen molar-refractivity contribution in [3.8, 4) is 0 Å². The predicted molar refractivity (Wildman–Crippen MR) is 127 cm³/mol. The maximum atomic E-state index is 13.8. The Balaban J connectivity index is 1.39. The summed E-state index contributed by atoms with van der Waals surface area (Å²) in [6.07, 6.45) is 7.72. The van der Waals surface area contributed by atoms with E-state index in [1.165, 1.54) is 18.2 Å². The molecule has 1 unspecified atom stereocenters. The van der Waals surface area contributed by atoms with E-state index >= 15 is 0 Å². The first-order chi connectivity index (χ1) is 15.5. The number of piperidine rings is 1. The molecule has 1 aromatic carbocycles. The number of fused-ring (bicyclic) bond motifs is 4. The molecule has 0 aromatic heterocycles. The van der Waals surface area contributed by atoms with E-state index in [4.69, 9.17) is 4.74 Å². The normalized spacial score (nSPS) is 34.0. The molecule has 3 fully saturated rings. The summed E-state index contributed by atoms with van der Waals surface area (Å²) in [5, 5.41) is 11.7. The van der Waals surface area contributed by atoms with Crippen molar-refractivity contribution in [3.63, 3.8) is 0 Å². The lowest BCUT2D eigenvalue weighted by Crippen LogP contribution is -2.57. The van der Waals surface area contributed by atoms with Crippen LogP contribution in [0.5, 0.6) is 0 Å². The van der Waals surface area contributed by atoms with Gasteiger partial charge in [0.15, 0.2) is 0 Å². The van der Waals surface area contributed by atoms with E-state index in [2.05, 4.69) is 44.2 Å². The maximum Gasteiger partial charge on any atom is 0.308 e. The number of ether oxygens (including phenoxy) is 1. The number of methoxy groups -OCH3 is 1. The fourth-order valence-electron chi connectivity index (χ4n) is 7.67. The molecule has 1 N–H and O–H groups in total. The number of rotatable bonds is 5. The van der Waals surface area contributed by atoms with E-state index in [0.29, 0.717) is 25.9 Å². The summed E-state index contributed by atoms with van der Waals surface area (Å²) in [6, 6.07) is 8.36. The molecule has 3 atom stereocenters. The minimum atomic E-state index is -3.62. The van der Waals surface area contributed by atoms with Gasteiger partial charge in [-0.2, -0.15) is 0 Å². The van der Waals surface area contributed by atoms with Crippen LogP contribution in [0.2, 0.25) is 0 Å². The molecule has 1 saturated heterocycles. The molecule has 1 heterocycles. The van der Waals surface area contributed by atoms with Gasteiger partial charge in [-0.05, 0) is 54.6 Å². The molecule has 1 aromatic rings. The van der Waals surface area contributed by atoms with Crippen LogP contribution in [0.1, 0.15) is 63.5 Å². The highest BCUT2D eigenvalue weighted by Crippen LogP contribution is 2.71. The first kappa shape index (κ1) is 23.1. The van der Waals surface area contributed by atoms with Crippen molar-refractivity contribution in [3.05, 3.63) is 41.5 Å². The van der Waals surface area contributed by atoms with Gasteiger partial charge in [0, 0.05) is 23.9 Å². The van der Waals surface area contributed by atoms with Gasteiger partial charge in [0.2, 0.25) is 10.0 Å². The second kappa shape index (κ2) is 7.40. The van der Waals surface area contributed by atoms with Crippen molar-refractivity contribution < 1.29 is 23.1 Å². The second-order valence-corrected chi connectivity index (χ2v) is 13.2. The van der Waals surface area contributed by atoms with Crippen molar-refractivity contribution in [2.75, 3.05) is 26.0 Å². The zero-order valence-corrected chi connectivity index (χ0v) is 20.7. The first-order valence-corrected chi connectivity index (χ1v) is 13.7. The monoisotopic (exact) mass is 473 g/mol. The van der Waals surface area contributed by atoms with Gasteiger partial charge in [0.1, 0.15) is 0 Å². The van der Waals surface area contributed by atoms with Gasteiger partial charge in [-0.1, -0.05) is 50.3 Å².